The number of nitrogens with zero attached hydrogens (tertiary/aromatic N) is 3. The first-order chi connectivity index (χ1) is 20.5. The van der Waals surface area contributed by atoms with E-state index in [1.165, 1.54) is 5.56 Å². The van der Waals surface area contributed by atoms with Crippen LogP contribution in [0.4, 0.5) is 0 Å². The topological polar surface area (TPSA) is 38.7 Å². The Labute approximate surface area is 246 Å². The maximum absolute atomic E-state index is 5.16. The molecular formula is C39H31N3. The Morgan fingerprint density at radius 3 is 1.86 bits per heavy atom. The minimum absolute atomic E-state index is 0.352. The molecule has 0 fully saturated rings. The number of rotatable bonds is 5. The molecule has 0 N–H and O–H groups in total. The van der Waals surface area contributed by atoms with Gasteiger partial charge in [0.15, 0.2) is 0 Å². The van der Waals surface area contributed by atoms with Crippen molar-refractivity contribution in [3.63, 3.8) is 0 Å². The second-order valence-corrected chi connectivity index (χ2v) is 11.2. The quantitative estimate of drug-likeness (QED) is 0.203. The molecule has 0 saturated carbocycles. The molecule has 4 aromatic carbocycles. The highest BCUT2D eigenvalue weighted by Crippen LogP contribution is 2.36. The van der Waals surface area contributed by atoms with Gasteiger partial charge in [0.2, 0.25) is 0 Å². The second-order valence-electron chi connectivity index (χ2n) is 11.2. The third-order valence-corrected chi connectivity index (χ3v) is 7.85. The van der Waals surface area contributed by atoms with E-state index in [0.717, 1.165) is 72.4 Å². The standard InChI is InChI=1S/C39H31N3/c1-25(2)35-20-18-29-17-19-33-34(21-26(3)40-39(33)38(29)42-35)30-15-10-16-31(22-30)37-24-32(27-11-6-4-7-12-27)23-36(41-37)28-13-8-5-9-14-28/h4-25H,1-3H3. The second kappa shape index (κ2) is 10.7. The van der Waals surface area contributed by atoms with Crippen molar-refractivity contribution in [2.45, 2.75) is 26.7 Å². The number of pyridine rings is 3. The SMILES string of the molecule is Cc1cc(-c2cccc(-c3cc(-c4ccccc4)cc(-c4ccccc4)n3)c2)c2ccc3ccc(C(C)C)nc3c2n1. The molecule has 3 aromatic heterocycles. The summed E-state index contributed by atoms with van der Waals surface area (Å²) in [4.78, 5) is 15.2. The Balaban J connectivity index is 1.40. The van der Waals surface area contributed by atoms with E-state index in [0.29, 0.717) is 5.92 Å². The summed E-state index contributed by atoms with van der Waals surface area (Å²) in [6.07, 6.45) is 0. The lowest BCUT2D eigenvalue weighted by Gasteiger charge is -2.14. The highest BCUT2D eigenvalue weighted by Gasteiger charge is 2.14. The van der Waals surface area contributed by atoms with Crippen molar-refractivity contribution in [1.29, 1.82) is 0 Å². The Morgan fingerprint density at radius 2 is 1.12 bits per heavy atom. The summed E-state index contributed by atoms with van der Waals surface area (Å²) in [7, 11) is 0. The summed E-state index contributed by atoms with van der Waals surface area (Å²) in [5.74, 6) is 0.352. The minimum atomic E-state index is 0.352. The predicted molar refractivity (Wildman–Crippen MR) is 175 cm³/mol. The van der Waals surface area contributed by atoms with Gasteiger partial charge in [0.1, 0.15) is 0 Å². The van der Waals surface area contributed by atoms with Crippen molar-refractivity contribution in [2.24, 2.45) is 0 Å². The lowest BCUT2D eigenvalue weighted by atomic mass is 9.95. The van der Waals surface area contributed by atoms with Gasteiger partial charge in [-0.1, -0.05) is 111 Å². The van der Waals surface area contributed by atoms with Crippen LogP contribution in [-0.2, 0) is 0 Å². The van der Waals surface area contributed by atoms with E-state index in [-0.39, 0.29) is 0 Å². The molecule has 0 aliphatic rings. The molecule has 42 heavy (non-hydrogen) atoms. The highest BCUT2D eigenvalue weighted by atomic mass is 14.8. The number of benzene rings is 4. The van der Waals surface area contributed by atoms with Crippen LogP contribution in [0.5, 0.6) is 0 Å². The zero-order valence-electron chi connectivity index (χ0n) is 24.0. The summed E-state index contributed by atoms with van der Waals surface area (Å²) in [5, 5.41) is 2.22. The summed E-state index contributed by atoms with van der Waals surface area (Å²) >= 11 is 0. The number of hydrogen-bond donors (Lipinski definition) is 0. The number of aryl methyl sites for hydroxylation is 1. The van der Waals surface area contributed by atoms with Crippen molar-refractivity contribution in [2.75, 3.05) is 0 Å². The Kier molecular flexibility index (Phi) is 6.56. The molecule has 0 bridgehead atoms. The van der Waals surface area contributed by atoms with Crippen LogP contribution in [0.15, 0.2) is 127 Å². The van der Waals surface area contributed by atoms with E-state index < -0.39 is 0 Å². The van der Waals surface area contributed by atoms with Gasteiger partial charge in [-0.15, -0.1) is 0 Å². The Morgan fingerprint density at radius 1 is 0.476 bits per heavy atom. The van der Waals surface area contributed by atoms with Crippen LogP contribution in [0, 0.1) is 6.92 Å². The first-order valence-electron chi connectivity index (χ1n) is 14.5. The molecule has 3 heteroatoms. The van der Waals surface area contributed by atoms with Gasteiger partial charge in [-0.2, -0.15) is 0 Å². The zero-order chi connectivity index (χ0) is 28.6. The summed E-state index contributed by atoms with van der Waals surface area (Å²) in [5.41, 5.74) is 12.7. The number of fused-ring (bicyclic) bond motifs is 3. The molecular weight excluding hydrogens is 510 g/mol. The van der Waals surface area contributed by atoms with Crippen LogP contribution in [-0.4, -0.2) is 15.0 Å². The van der Waals surface area contributed by atoms with Gasteiger partial charge < -0.3 is 0 Å². The van der Waals surface area contributed by atoms with E-state index in [1.54, 1.807) is 0 Å². The third-order valence-electron chi connectivity index (χ3n) is 7.85. The van der Waals surface area contributed by atoms with Gasteiger partial charge in [-0.3, -0.25) is 9.97 Å². The first-order valence-corrected chi connectivity index (χ1v) is 14.5. The molecule has 0 unspecified atom stereocenters. The lowest BCUT2D eigenvalue weighted by molar-refractivity contribution is 0.830. The Hall–Kier alpha value is -5.15. The van der Waals surface area contributed by atoms with Crippen LogP contribution < -0.4 is 0 Å². The largest absolute Gasteiger partial charge is 0.251 e. The molecule has 7 aromatic rings. The van der Waals surface area contributed by atoms with Crippen LogP contribution in [0.25, 0.3) is 66.6 Å². The van der Waals surface area contributed by atoms with Gasteiger partial charge in [0.05, 0.1) is 22.4 Å². The molecule has 0 aliphatic carbocycles. The molecule has 3 heterocycles. The molecule has 0 spiro atoms. The zero-order valence-corrected chi connectivity index (χ0v) is 24.0. The van der Waals surface area contributed by atoms with Gasteiger partial charge in [-0.25, -0.2) is 4.98 Å². The molecule has 0 atom stereocenters. The fraction of sp³-hybridized carbons (Fsp3) is 0.103. The van der Waals surface area contributed by atoms with Crippen molar-refractivity contribution in [3.05, 3.63) is 139 Å². The highest BCUT2D eigenvalue weighted by molar-refractivity contribution is 6.08. The van der Waals surface area contributed by atoms with Gasteiger partial charge in [-0.05, 0) is 65.4 Å². The molecule has 3 nitrogen and oxygen atoms in total. The van der Waals surface area contributed by atoms with Crippen molar-refractivity contribution in [1.82, 2.24) is 15.0 Å². The molecule has 0 saturated heterocycles. The maximum Gasteiger partial charge on any atom is 0.0974 e. The van der Waals surface area contributed by atoms with E-state index in [2.05, 4.69) is 142 Å². The number of hydrogen-bond acceptors (Lipinski definition) is 3. The fourth-order valence-electron chi connectivity index (χ4n) is 5.65. The molecule has 0 radical (unpaired) electrons. The van der Waals surface area contributed by atoms with Gasteiger partial charge in [0.25, 0.3) is 0 Å². The fourth-order valence-corrected chi connectivity index (χ4v) is 5.65. The van der Waals surface area contributed by atoms with E-state index >= 15 is 0 Å². The normalized spacial score (nSPS) is 11.4. The maximum atomic E-state index is 5.16. The van der Waals surface area contributed by atoms with E-state index in [4.69, 9.17) is 15.0 Å². The van der Waals surface area contributed by atoms with Crippen molar-refractivity contribution >= 4 is 21.8 Å². The summed E-state index contributed by atoms with van der Waals surface area (Å²) < 4.78 is 0. The van der Waals surface area contributed by atoms with Crippen LogP contribution in [0.2, 0.25) is 0 Å². The van der Waals surface area contributed by atoms with Crippen LogP contribution in [0.3, 0.4) is 0 Å². The average Bonchev–Trinajstić information content (AvgIpc) is 3.04. The molecule has 7 rings (SSSR count). The predicted octanol–water partition coefficient (Wildman–Crippen LogP) is 10.3. The summed E-state index contributed by atoms with van der Waals surface area (Å²) in [6.45, 7) is 6.42. The average molecular weight is 542 g/mol. The van der Waals surface area contributed by atoms with Crippen molar-refractivity contribution < 1.29 is 0 Å². The lowest BCUT2D eigenvalue weighted by Crippen LogP contribution is -1.96. The first kappa shape index (κ1) is 25.8. The third kappa shape index (κ3) is 4.84. The molecule has 202 valence electrons. The van der Waals surface area contributed by atoms with Gasteiger partial charge >= 0.3 is 0 Å². The smallest absolute Gasteiger partial charge is 0.0974 e. The number of aromatic nitrogens is 3. The monoisotopic (exact) mass is 541 g/mol. The molecule has 0 amide bonds. The van der Waals surface area contributed by atoms with E-state index in [9.17, 15) is 0 Å². The summed E-state index contributed by atoms with van der Waals surface area (Å²) in [6, 6.07) is 44.8. The van der Waals surface area contributed by atoms with Crippen molar-refractivity contribution in [3.8, 4) is 44.8 Å². The van der Waals surface area contributed by atoms with Crippen LogP contribution >= 0.6 is 0 Å². The van der Waals surface area contributed by atoms with Crippen LogP contribution in [0.1, 0.15) is 31.2 Å². The Bertz CT molecular complexity index is 2000. The van der Waals surface area contributed by atoms with E-state index in [1.807, 2.05) is 6.07 Å². The molecule has 0 aliphatic heterocycles. The van der Waals surface area contributed by atoms with Gasteiger partial charge in [0, 0.05) is 33.3 Å². The minimum Gasteiger partial charge on any atom is -0.251 e.